The van der Waals surface area contributed by atoms with Crippen molar-refractivity contribution in [1.82, 2.24) is 9.55 Å². The third-order valence-corrected chi connectivity index (χ3v) is 5.50. The number of aliphatic hydroxyl groups excluding tert-OH is 1. The predicted molar refractivity (Wildman–Crippen MR) is 111 cm³/mol. The summed E-state index contributed by atoms with van der Waals surface area (Å²) in [5.74, 6) is 0. The van der Waals surface area contributed by atoms with Crippen LogP contribution in [0.4, 0.5) is 0 Å². The molecule has 0 saturated carbocycles. The van der Waals surface area contributed by atoms with Crippen LogP contribution in [0, 0.1) is 0 Å². The van der Waals surface area contributed by atoms with Crippen molar-refractivity contribution in [1.29, 1.82) is 0 Å². The highest BCUT2D eigenvalue weighted by molar-refractivity contribution is 7.21. The first-order valence-electron chi connectivity index (χ1n) is 9.05. The number of hydrogen-bond donors (Lipinski definition) is 1. The molecule has 0 aliphatic rings. The highest BCUT2D eigenvalue weighted by Crippen LogP contribution is 2.30. The van der Waals surface area contributed by atoms with E-state index in [1.165, 1.54) is 22.2 Å². The zero-order valence-corrected chi connectivity index (χ0v) is 16.0. The number of rotatable bonds is 7. The zero-order chi connectivity index (χ0) is 19.3. The van der Waals surface area contributed by atoms with Crippen LogP contribution >= 0.6 is 11.3 Å². The van der Waals surface area contributed by atoms with Gasteiger partial charge in [0, 0.05) is 4.88 Å². The van der Waals surface area contributed by atoms with Crippen molar-refractivity contribution in [3.05, 3.63) is 89.0 Å². The van der Waals surface area contributed by atoms with Crippen LogP contribution < -0.4 is 5.56 Å². The molecule has 2 aromatic carbocycles. The van der Waals surface area contributed by atoms with Crippen LogP contribution in [0.25, 0.3) is 20.7 Å². The molecule has 0 aliphatic carbocycles. The van der Waals surface area contributed by atoms with Gasteiger partial charge in [-0.2, -0.15) is 0 Å². The maximum Gasteiger partial charge on any atom is 0.262 e. The number of nitrogens with zero attached hydrogens (tertiary/aromatic N) is 2. The predicted octanol–water partition coefficient (Wildman–Crippen LogP) is 3.70. The molecule has 0 fully saturated rings. The second-order valence-electron chi connectivity index (χ2n) is 6.55. The van der Waals surface area contributed by atoms with Gasteiger partial charge in [0.2, 0.25) is 0 Å². The summed E-state index contributed by atoms with van der Waals surface area (Å²) in [4.78, 5) is 18.9. The quantitative estimate of drug-likeness (QED) is 0.521. The number of thiophene rings is 1. The van der Waals surface area contributed by atoms with Gasteiger partial charge in [0.05, 0.1) is 37.6 Å². The van der Waals surface area contributed by atoms with Crippen LogP contribution in [0.5, 0.6) is 0 Å². The van der Waals surface area contributed by atoms with Crippen molar-refractivity contribution in [3.8, 4) is 10.4 Å². The number of aromatic nitrogens is 2. The van der Waals surface area contributed by atoms with E-state index in [4.69, 9.17) is 4.74 Å². The van der Waals surface area contributed by atoms with Crippen LogP contribution in [0.3, 0.4) is 0 Å². The van der Waals surface area contributed by atoms with E-state index in [-0.39, 0.29) is 18.7 Å². The van der Waals surface area contributed by atoms with Gasteiger partial charge in [0.25, 0.3) is 5.56 Å². The first-order chi connectivity index (χ1) is 13.7. The summed E-state index contributed by atoms with van der Waals surface area (Å²) in [5.41, 5.74) is 1.96. The van der Waals surface area contributed by atoms with Gasteiger partial charge in [-0.15, -0.1) is 11.3 Å². The normalized spacial score (nSPS) is 12.3. The monoisotopic (exact) mass is 392 g/mol. The summed E-state index contributed by atoms with van der Waals surface area (Å²) in [7, 11) is 0. The summed E-state index contributed by atoms with van der Waals surface area (Å²) in [5, 5.41) is 10.8. The maximum atomic E-state index is 12.8. The van der Waals surface area contributed by atoms with Crippen LogP contribution in [0.15, 0.2) is 77.9 Å². The summed E-state index contributed by atoms with van der Waals surface area (Å²) in [6.07, 6.45) is 0.712. The molecule has 0 unspecified atom stereocenters. The van der Waals surface area contributed by atoms with Crippen molar-refractivity contribution in [2.24, 2.45) is 0 Å². The molecule has 2 aromatic heterocycles. The average Bonchev–Trinajstić information content (AvgIpc) is 3.17. The van der Waals surface area contributed by atoms with E-state index in [9.17, 15) is 9.90 Å². The minimum absolute atomic E-state index is 0.146. The fraction of sp³-hybridized carbons (Fsp3) is 0.182. The SMILES string of the molecule is O=c1c2cc(-c3ccccc3)sc2ncn1C[C@H](O)COCc1ccccc1. The van der Waals surface area contributed by atoms with Gasteiger partial charge >= 0.3 is 0 Å². The topological polar surface area (TPSA) is 64.4 Å². The Bertz CT molecular complexity index is 1110. The Morgan fingerprint density at radius 2 is 1.79 bits per heavy atom. The molecule has 4 rings (SSSR count). The van der Waals surface area contributed by atoms with Crippen LogP contribution in [0.1, 0.15) is 5.56 Å². The zero-order valence-electron chi connectivity index (χ0n) is 15.2. The molecule has 4 aromatic rings. The lowest BCUT2D eigenvalue weighted by atomic mass is 10.2. The van der Waals surface area contributed by atoms with Gasteiger partial charge in [-0.05, 0) is 17.2 Å². The highest BCUT2D eigenvalue weighted by atomic mass is 32.1. The summed E-state index contributed by atoms with van der Waals surface area (Å²) < 4.78 is 7.00. The van der Waals surface area contributed by atoms with E-state index >= 15 is 0 Å². The van der Waals surface area contributed by atoms with Gasteiger partial charge in [0.15, 0.2) is 0 Å². The molecular weight excluding hydrogens is 372 g/mol. The summed E-state index contributed by atoms with van der Waals surface area (Å²) in [6, 6.07) is 21.6. The molecule has 0 saturated heterocycles. The molecule has 0 radical (unpaired) electrons. The van der Waals surface area contributed by atoms with Crippen LogP contribution in [-0.2, 0) is 17.9 Å². The molecule has 0 amide bonds. The van der Waals surface area contributed by atoms with Gasteiger partial charge < -0.3 is 9.84 Å². The second-order valence-corrected chi connectivity index (χ2v) is 7.58. The minimum Gasteiger partial charge on any atom is -0.389 e. The number of hydrogen-bond acceptors (Lipinski definition) is 5. The molecule has 0 bridgehead atoms. The smallest absolute Gasteiger partial charge is 0.262 e. The fourth-order valence-corrected chi connectivity index (χ4v) is 4.00. The first kappa shape index (κ1) is 18.6. The average molecular weight is 392 g/mol. The number of aliphatic hydroxyl groups is 1. The maximum absolute atomic E-state index is 12.8. The molecule has 6 heteroatoms. The molecule has 1 atom stereocenters. The van der Waals surface area contributed by atoms with Crippen molar-refractivity contribution in [2.75, 3.05) is 6.61 Å². The van der Waals surface area contributed by atoms with E-state index in [0.717, 1.165) is 16.0 Å². The molecular formula is C22H20N2O3S. The number of ether oxygens (including phenoxy) is 1. The Kier molecular flexibility index (Phi) is 5.62. The van der Waals surface area contributed by atoms with E-state index in [0.29, 0.717) is 16.8 Å². The minimum atomic E-state index is -0.784. The Labute approximate surface area is 166 Å². The lowest BCUT2D eigenvalue weighted by Gasteiger charge is -2.13. The fourth-order valence-electron chi connectivity index (χ4n) is 3.00. The van der Waals surface area contributed by atoms with E-state index in [2.05, 4.69) is 4.98 Å². The molecule has 28 heavy (non-hydrogen) atoms. The third-order valence-electron chi connectivity index (χ3n) is 4.41. The molecule has 0 spiro atoms. The highest BCUT2D eigenvalue weighted by Gasteiger charge is 2.13. The Hall–Kier alpha value is -2.80. The third kappa shape index (κ3) is 4.20. The number of benzene rings is 2. The lowest BCUT2D eigenvalue weighted by Crippen LogP contribution is -2.29. The van der Waals surface area contributed by atoms with Crippen molar-refractivity contribution < 1.29 is 9.84 Å². The van der Waals surface area contributed by atoms with E-state index in [1.54, 1.807) is 0 Å². The number of fused-ring (bicyclic) bond motifs is 1. The summed E-state index contributed by atoms with van der Waals surface area (Å²) in [6.45, 7) is 0.723. The summed E-state index contributed by atoms with van der Waals surface area (Å²) >= 11 is 1.49. The van der Waals surface area contributed by atoms with Crippen molar-refractivity contribution >= 4 is 21.6 Å². The first-order valence-corrected chi connectivity index (χ1v) is 9.86. The van der Waals surface area contributed by atoms with E-state index in [1.807, 2.05) is 66.7 Å². The molecule has 2 heterocycles. The van der Waals surface area contributed by atoms with Gasteiger partial charge in [-0.25, -0.2) is 4.98 Å². The van der Waals surface area contributed by atoms with Crippen LogP contribution in [0.2, 0.25) is 0 Å². The van der Waals surface area contributed by atoms with Gasteiger partial charge in [-0.3, -0.25) is 9.36 Å². The largest absolute Gasteiger partial charge is 0.389 e. The molecule has 5 nitrogen and oxygen atoms in total. The van der Waals surface area contributed by atoms with E-state index < -0.39 is 6.10 Å². The Balaban J connectivity index is 1.45. The van der Waals surface area contributed by atoms with Crippen LogP contribution in [-0.4, -0.2) is 27.4 Å². The Morgan fingerprint density at radius 3 is 2.54 bits per heavy atom. The lowest BCUT2D eigenvalue weighted by molar-refractivity contribution is 0.0198. The van der Waals surface area contributed by atoms with Gasteiger partial charge in [-0.1, -0.05) is 60.7 Å². The molecule has 142 valence electrons. The van der Waals surface area contributed by atoms with Gasteiger partial charge in [0.1, 0.15) is 4.83 Å². The molecule has 0 aliphatic heterocycles. The Morgan fingerprint density at radius 1 is 1.07 bits per heavy atom. The van der Waals surface area contributed by atoms with Crippen molar-refractivity contribution in [3.63, 3.8) is 0 Å². The second kappa shape index (κ2) is 8.48. The van der Waals surface area contributed by atoms with Crippen molar-refractivity contribution in [2.45, 2.75) is 19.3 Å². The molecule has 1 N–H and O–H groups in total. The standard InChI is InChI=1S/C22H20N2O3S/c25-18(14-27-13-16-7-3-1-4-8-16)12-24-15-23-21-19(22(24)26)11-20(28-21)17-9-5-2-6-10-17/h1-11,15,18,25H,12-14H2/t18-/m0/s1.